The van der Waals surface area contributed by atoms with E-state index in [-0.39, 0.29) is 50.9 Å². The van der Waals surface area contributed by atoms with E-state index in [4.69, 9.17) is 54.0 Å². The zero-order valence-electron chi connectivity index (χ0n) is 16.9. The Labute approximate surface area is 203 Å². The Morgan fingerprint density at radius 2 is 1.91 bits per heavy atom. The second-order valence-corrected chi connectivity index (χ2v) is 7.96. The molecule has 0 N–H and O–H groups in total. The van der Waals surface area contributed by atoms with Crippen molar-refractivity contribution in [2.75, 3.05) is 7.11 Å². The van der Waals surface area contributed by atoms with Crippen LogP contribution in [0, 0.1) is 17.1 Å². The smallest absolute Gasteiger partial charge is 0.249 e. The maximum Gasteiger partial charge on any atom is 0.249 e. The van der Waals surface area contributed by atoms with Crippen molar-refractivity contribution in [3.05, 3.63) is 86.4 Å². The van der Waals surface area contributed by atoms with E-state index < -0.39 is 5.82 Å². The van der Waals surface area contributed by atoms with Gasteiger partial charge in [-0.3, -0.25) is 0 Å². The van der Waals surface area contributed by atoms with E-state index in [1.807, 2.05) is 6.07 Å². The van der Waals surface area contributed by atoms with Gasteiger partial charge in [-0.2, -0.15) is 5.26 Å². The van der Waals surface area contributed by atoms with Crippen LogP contribution in [0.25, 0.3) is 11.5 Å². The number of hydrogen-bond donors (Lipinski definition) is 0. The van der Waals surface area contributed by atoms with Crippen molar-refractivity contribution in [2.24, 2.45) is 0 Å². The maximum atomic E-state index is 15.2. The Bertz CT molecular complexity index is 1390. The average Bonchev–Trinajstić information content (AvgIpc) is 3.26. The molecule has 0 unspecified atom stereocenters. The number of rotatable bonds is 6. The van der Waals surface area contributed by atoms with Gasteiger partial charge in [0.1, 0.15) is 11.5 Å². The Kier molecular flexibility index (Phi) is 6.70. The van der Waals surface area contributed by atoms with Crippen molar-refractivity contribution < 1.29 is 18.3 Å². The molecule has 10 heteroatoms. The van der Waals surface area contributed by atoms with Gasteiger partial charge in [0.15, 0.2) is 11.6 Å². The van der Waals surface area contributed by atoms with Gasteiger partial charge in [-0.05, 0) is 36.4 Å². The summed E-state index contributed by atoms with van der Waals surface area (Å²) in [6.07, 6.45) is -0.0209. The molecule has 1 heterocycles. The van der Waals surface area contributed by atoms with Gasteiger partial charge < -0.3 is 13.9 Å². The fourth-order valence-electron chi connectivity index (χ4n) is 3.04. The number of nitriles is 1. The van der Waals surface area contributed by atoms with E-state index in [0.29, 0.717) is 16.3 Å². The Balaban J connectivity index is 1.62. The van der Waals surface area contributed by atoms with Crippen LogP contribution in [0.3, 0.4) is 0 Å². The minimum Gasteiger partial charge on any atom is -0.495 e. The molecule has 0 amide bonds. The third-order valence-corrected chi connectivity index (χ3v) is 5.48. The summed E-state index contributed by atoms with van der Waals surface area (Å²) in [5, 5.41) is 17.7. The maximum absolute atomic E-state index is 15.2. The molecule has 166 valence electrons. The number of nitrogens with zero attached hydrogens (tertiary/aromatic N) is 3. The molecule has 0 aliphatic heterocycles. The van der Waals surface area contributed by atoms with Crippen LogP contribution >= 0.6 is 34.8 Å². The fourth-order valence-corrected chi connectivity index (χ4v) is 3.73. The van der Waals surface area contributed by atoms with E-state index in [1.165, 1.54) is 37.4 Å². The molecule has 0 bridgehead atoms. The van der Waals surface area contributed by atoms with Gasteiger partial charge in [-0.25, -0.2) is 4.39 Å². The van der Waals surface area contributed by atoms with Crippen LogP contribution in [-0.2, 0) is 6.42 Å². The van der Waals surface area contributed by atoms with Crippen molar-refractivity contribution in [3.63, 3.8) is 0 Å². The number of benzene rings is 3. The molecule has 4 aromatic rings. The standard InChI is InChI=1S/C23H13Cl3FN3O3/c1-31-18-4-2-3-16(20(18)26)23-30-29-19(33-23)9-13-5-6-17(25)22(21(13)27)32-15-8-12(11-28)7-14(24)10-15/h2-8,10H,9H2,1H3. The predicted octanol–water partition coefficient (Wildman–Crippen LogP) is 7.10. The van der Waals surface area contributed by atoms with Gasteiger partial charge >= 0.3 is 0 Å². The number of ether oxygens (including phenoxy) is 2. The number of hydrogen-bond acceptors (Lipinski definition) is 6. The first-order valence-electron chi connectivity index (χ1n) is 9.40. The third kappa shape index (κ3) is 4.88. The molecule has 6 nitrogen and oxygen atoms in total. The Morgan fingerprint density at radius 1 is 1.09 bits per heavy atom. The summed E-state index contributed by atoms with van der Waals surface area (Å²) in [7, 11) is 1.50. The summed E-state index contributed by atoms with van der Waals surface area (Å²) >= 11 is 18.5. The zero-order chi connectivity index (χ0) is 23.5. The van der Waals surface area contributed by atoms with Crippen molar-refractivity contribution in [1.29, 1.82) is 5.26 Å². The molecule has 0 spiro atoms. The van der Waals surface area contributed by atoms with Gasteiger partial charge in [-0.1, -0.05) is 46.9 Å². The summed E-state index contributed by atoms with van der Waals surface area (Å²) in [4.78, 5) is 0. The monoisotopic (exact) mass is 503 g/mol. The van der Waals surface area contributed by atoms with E-state index in [2.05, 4.69) is 10.2 Å². The molecule has 3 aromatic carbocycles. The van der Waals surface area contributed by atoms with E-state index in [0.717, 1.165) is 0 Å². The lowest BCUT2D eigenvalue weighted by molar-refractivity contribution is 0.415. The van der Waals surface area contributed by atoms with Crippen LogP contribution < -0.4 is 9.47 Å². The van der Waals surface area contributed by atoms with Crippen LogP contribution in [0.15, 0.2) is 52.9 Å². The highest BCUT2D eigenvalue weighted by molar-refractivity contribution is 6.34. The first-order valence-corrected chi connectivity index (χ1v) is 10.5. The molecule has 0 saturated heterocycles. The quantitative estimate of drug-likeness (QED) is 0.278. The van der Waals surface area contributed by atoms with Crippen LogP contribution in [0.2, 0.25) is 15.1 Å². The number of aromatic nitrogens is 2. The largest absolute Gasteiger partial charge is 0.495 e. The zero-order valence-corrected chi connectivity index (χ0v) is 19.2. The molecule has 4 rings (SSSR count). The lowest BCUT2D eigenvalue weighted by Gasteiger charge is -2.12. The normalized spacial score (nSPS) is 10.7. The fraction of sp³-hybridized carbons (Fsp3) is 0.0870. The molecule has 0 aliphatic carbocycles. The molecular formula is C23H13Cl3FN3O3. The van der Waals surface area contributed by atoms with Crippen LogP contribution in [0.5, 0.6) is 17.2 Å². The Morgan fingerprint density at radius 3 is 2.67 bits per heavy atom. The molecule has 33 heavy (non-hydrogen) atoms. The lowest BCUT2D eigenvalue weighted by atomic mass is 10.1. The van der Waals surface area contributed by atoms with Gasteiger partial charge in [0.05, 0.1) is 40.8 Å². The van der Waals surface area contributed by atoms with E-state index in [9.17, 15) is 0 Å². The van der Waals surface area contributed by atoms with Crippen molar-refractivity contribution in [3.8, 4) is 34.8 Å². The summed E-state index contributed by atoms with van der Waals surface area (Å²) in [6.45, 7) is 0. The Hall–Kier alpha value is -3.31. The highest BCUT2D eigenvalue weighted by atomic mass is 35.5. The summed E-state index contributed by atoms with van der Waals surface area (Å²) in [6, 6.07) is 14.4. The minimum atomic E-state index is -0.708. The van der Waals surface area contributed by atoms with Crippen molar-refractivity contribution in [2.45, 2.75) is 6.42 Å². The van der Waals surface area contributed by atoms with Gasteiger partial charge in [0, 0.05) is 10.6 Å². The van der Waals surface area contributed by atoms with Crippen LogP contribution in [0.1, 0.15) is 17.0 Å². The molecule has 0 radical (unpaired) electrons. The first kappa shape index (κ1) is 22.9. The molecule has 0 fully saturated rings. The van der Waals surface area contributed by atoms with Crippen molar-refractivity contribution in [1.82, 2.24) is 10.2 Å². The minimum absolute atomic E-state index is 0.0209. The van der Waals surface area contributed by atoms with E-state index in [1.54, 1.807) is 18.2 Å². The molecule has 0 atom stereocenters. The van der Waals surface area contributed by atoms with Gasteiger partial charge in [0.2, 0.25) is 11.8 Å². The predicted molar refractivity (Wildman–Crippen MR) is 122 cm³/mol. The van der Waals surface area contributed by atoms with Crippen LogP contribution in [0.4, 0.5) is 4.39 Å². The summed E-state index contributed by atoms with van der Waals surface area (Å²) in [5.41, 5.74) is 0.966. The molecule has 0 saturated carbocycles. The highest BCUT2D eigenvalue weighted by Crippen LogP contribution is 2.37. The lowest BCUT2D eigenvalue weighted by Crippen LogP contribution is -1.98. The van der Waals surface area contributed by atoms with Gasteiger partial charge in [0.25, 0.3) is 0 Å². The second kappa shape index (κ2) is 9.67. The molecule has 0 aliphatic rings. The SMILES string of the molecule is COc1cccc(-c2nnc(Cc3ccc(Cl)c(Oc4cc(Cl)cc(C#N)c4)c3F)o2)c1Cl. The first-order chi connectivity index (χ1) is 15.9. The third-order valence-electron chi connectivity index (χ3n) is 4.57. The van der Waals surface area contributed by atoms with Crippen LogP contribution in [-0.4, -0.2) is 17.3 Å². The number of methoxy groups -OCH3 is 1. The topological polar surface area (TPSA) is 81.2 Å². The molecule has 1 aromatic heterocycles. The molecular weight excluding hydrogens is 492 g/mol. The second-order valence-electron chi connectivity index (χ2n) is 6.74. The summed E-state index contributed by atoms with van der Waals surface area (Å²) in [5.74, 6) is 0.0362. The average molecular weight is 505 g/mol. The summed E-state index contributed by atoms with van der Waals surface area (Å²) < 4.78 is 31.7. The van der Waals surface area contributed by atoms with E-state index >= 15 is 4.39 Å². The van der Waals surface area contributed by atoms with Crippen molar-refractivity contribution >= 4 is 34.8 Å². The van der Waals surface area contributed by atoms with Gasteiger partial charge in [-0.15, -0.1) is 10.2 Å². The highest BCUT2D eigenvalue weighted by Gasteiger charge is 2.19. The number of halogens is 4.